The van der Waals surface area contributed by atoms with Crippen LogP contribution in [0.15, 0.2) is 56.7 Å². The first-order chi connectivity index (χ1) is 14.2. The average Bonchev–Trinajstić information content (AvgIpc) is 3.17. The van der Waals surface area contributed by atoms with Crippen molar-refractivity contribution in [1.29, 1.82) is 0 Å². The van der Waals surface area contributed by atoms with Crippen LogP contribution in [0, 0.1) is 0 Å². The van der Waals surface area contributed by atoms with Crippen LogP contribution in [0.2, 0.25) is 5.02 Å². The number of halogens is 4. The Labute approximate surface area is 171 Å². The summed E-state index contributed by atoms with van der Waals surface area (Å²) in [5.41, 5.74) is -2.36. The van der Waals surface area contributed by atoms with Crippen molar-refractivity contribution in [3.05, 3.63) is 79.9 Å². The number of fused-ring (bicyclic) bond motifs is 1. The van der Waals surface area contributed by atoms with Crippen LogP contribution >= 0.6 is 11.6 Å². The highest BCUT2D eigenvalue weighted by Gasteiger charge is 2.33. The molecule has 0 aliphatic heterocycles. The zero-order chi connectivity index (χ0) is 21.6. The lowest BCUT2D eigenvalue weighted by molar-refractivity contribution is -0.141. The second kappa shape index (κ2) is 7.13. The zero-order valence-electron chi connectivity index (χ0n) is 15.3. The average molecular weight is 437 g/mol. The lowest BCUT2D eigenvalue weighted by atomic mass is 10.2. The highest BCUT2D eigenvalue weighted by atomic mass is 35.5. The second-order valence-electron chi connectivity index (χ2n) is 6.42. The van der Waals surface area contributed by atoms with Crippen molar-refractivity contribution in [3.8, 4) is 11.5 Å². The number of alkyl halides is 3. The molecular formula is C19H12ClF3N4O3. The normalized spacial score (nSPS) is 11.9. The molecule has 0 unspecified atom stereocenters. The number of benzene rings is 1. The molecular weight excluding hydrogens is 425 g/mol. The number of hydrogen-bond donors (Lipinski definition) is 0. The van der Waals surface area contributed by atoms with Gasteiger partial charge in [-0.3, -0.25) is 13.9 Å². The largest absolute Gasteiger partial charge is 0.444 e. The van der Waals surface area contributed by atoms with Crippen LogP contribution in [0.25, 0.3) is 22.5 Å². The molecule has 0 radical (unpaired) electrons. The molecule has 11 heteroatoms. The molecule has 0 saturated heterocycles. The minimum Gasteiger partial charge on any atom is -0.444 e. The summed E-state index contributed by atoms with van der Waals surface area (Å²) in [4.78, 5) is 33.1. The van der Waals surface area contributed by atoms with Crippen LogP contribution < -0.4 is 11.2 Å². The van der Waals surface area contributed by atoms with E-state index in [0.717, 1.165) is 15.2 Å². The van der Waals surface area contributed by atoms with Gasteiger partial charge in [0.05, 0.1) is 28.2 Å². The molecule has 0 aliphatic carbocycles. The van der Waals surface area contributed by atoms with E-state index in [0.29, 0.717) is 16.7 Å². The third-order valence-electron chi connectivity index (χ3n) is 4.45. The number of rotatable bonds is 3. The van der Waals surface area contributed by atoms with E-state index in [1.54, 1.807) is 24.3 Å². The summed E-state index contributed by atoms with van der Waals surface area (Å²) in [5.74, 6) is 0.206. The highest BCUT2D eigenvalue weighted by Crippen LogP contribution is 2.28. The van der Waals surface area contributed by atoms with Gasteiger partial charge in [0.25, 0.3) is 5.56 Å². The molecule has 0 aliphatic rings. The molecule has 4 aromatic rings. The molecule has 7 nitrogen and oxygen atoms in total. The molecule has 4 rings (SSSR count). The van der Waals surface area contributed by atoms with E-state index in [9.17, 15) is 22.8 Å². The molecule has 30 heavy (non-hydrogen) atoms. The third-order valence-corrected chi connectivity index (χ3v) is 4.78. The fourth-order valence-corrected chi connectivity index (χ4v) is 3.19. The standard InChI is InChI=1S/C19H12ClF3N4O3/c1-26-15-12(6-7-14(25-15)19(21,22)23)17(28)27(18(26)29)8-10-9-30-16(24-10)11-4-2-3-5-13(11)20/h2-7,9H,8H2,1H3. The van der Waals surface area contributed by atoms with Crippen molar-refractivity contribution < 1.29 is 17.6 Å². The van der Waals surface area contributed by atoms with Gasteiger partial charge >= 0.3 is 11.9 Å². The second-order valence-corrected chi connectivity index (χ2v) is 6.83. The molecule has 154 valence electrons. The topological polar surface area (TPSA) is 82.9 Å². The lowest BCUT2D eigenvalue weighted by Crippen LogP contribution is -2.39. The van der Waals surface area contributed by atoms with Crippen LogP contribution in [-0.4, -0.2) is 19.1 Å². The number of hydrogen-bond acceptors (Lipinski definition) is 5. The Hall–Kier alpha value is -3.40. The smallest absolute Gasteiger partial charge is 0.433 e. The fraction of sp³-hybridized carbons (Fsp3) is 0.158. The van der Waals surface area contributed by atoms with Crippen LogP contribution in [0.1, 0.15) is 11.4 Å². The van der Waals surface area contributed by atoms with E-state index < -0.39 is 23.1 Å². The van der Waals surface area contributed by atoms with Crippen molar-refractivity contribution in [1.82, 2.24) is 19.1 Å². The van der Waals surface area contributed by atoms with Crippen LogP contribution in [0.4, 0.5) is 13.2 Å². The Kier molecular flexibility index (Phi) is 4.73. The van der Waals surface area contributed by atoms with Gasteiger partial charge in [-0.15, -0.1) is 0 Å². The molecule has 1 aromatic carbocycles. The minimum absolute atomic E-state index is 0.125. The van der Waals surface area contributed by atoms with Crippen molar-refractivity contribution >= 4 is 22.6 Å². The summed E-state index contributed by atoms with van der Waals surface area (Å²) in [6.07, 6.45) is -3.42. The van der Waals surface area contributed by atoms with Crippen LogP contribution in [0.3, 0.4) is 0 Å². The summed E-state index contributed by atoms with van der Waals surface area (Å²) in [5, 5.41) is 0.288. The molecule has 0 amide bonds. The zero-order valence-corrected chi connectivity index (χ0v) is 16.0. The van der Waals surface area contributed by atoms with Crippen molar-refractivity contribution in [2.45, 2.75) is 12.7 Å². The van der Waals surface area contributed by atoms with Gasteiger partial charge in [0.1, 0.15) is 17.6 Å². The summed E-state index contributed by atoms with van der Waals surface area (Å²) >= 11 is 6.11. The van der Waals surface area contributed by atoms with Crippen molar-refractivity contribution in [3.63, 3.8) is 0 Å². The van der Waals surface area contributed by atoms with Gasteiger partial charge in [-0.05, 0) is 24.3 Å². The molecule has 0 fully saturated rings. The summed E-state index contributed by atoms with van der Waals surface area (Å²) in [7, 11) is 1.24. The molecule has 0 saturated carbocycles. The summed E-state index contributed by atoms with van der Waals surface area (Å²) in [6.45, 7) is -0.240. The Morgan fingerprint density at radius 2 is 1.83 bits per heavy atom. The first-order valence-corrected chi connectivity index (χ1v) is 8.91. The molecule has 3 aromatic heterocycles. The molecule has 0 N–H and O–H groups in total. The number of nitrogens with zero attached hydrogens (tertiary/aromatic N) is 4. The van der Waals surface area contributed by atoms with Gasteiger partial charge in [0.2, 0.25) is 5.89 Å². The van der Waals surface area contributed by atoms with Gasteiger partial charge in [-0.2, -0.15) is 13.2 Å². The van der Waals surface area contributed by atoms with Gasteiger partial charge in [0.15, 0.2) is 0 Å². The first kappa shape index (κ1) is 19.9. The Morgan fingerprint density at radius 1 is 1.10 bits per heavy atom. The van der Waals surface area contributed by atoms with E-state index in [2.05, 4.69) is 9.97 Å². The van der Waals surface area contributed by atoms with Gasteiger partial charge in [0, 0.05) is 7.05 Å². The molecule has 0 spiro atoms. The van der Waals surface area contributed by atoms with E-state index >= 15 is 0 Å². The number of oxazole rings is 1. The van der Waals surface area contributed by atoms with E-state index in [1.165, 1.54) is 13.3 Å². The maximum Gasteiger partial charge on any atom is 0.433 e. The highest BCUT2D eigenvalue weighted by molar-refractivity contribution is 6.33. The summed E-state index contributed by atoms with van der Waals surface area (Å²) in [6, 6.07) is 8.55. The predicted octanol–water partition coefficient (Wildman–Crippen LogP) is 3.47. The maximum atomic E-state index is 12.9. The fourth-order valence-electron chi connectivity index (χ4n) is 2.97. The Balaban J connectivity index is 1.78. The van der Waals surface area contributed by atoms with Crippen molar-refractivity contribution in [2.24, 2.45) is 7.05 Å². The maximum absolute atomic E-state index is 12.9. The predicted molar refractivity (Wildman–Crippen MR) is 102 cm³/mol. The lowest BCUT2D eigenvalue weighted by Gasteiger charge is -2.11. The monoisotopic (exact) mass is 436 g/mol. The van der Waals surface area contributed by atoms with E-state index in [-0.39, 0.29) is 29.2 Å². The first-order valence-electron chi connectivity index (χ1n) is 8.54. The SMILES string of the molecule is Cn1c(=O)n(Cc2coc(-c3ccccc3Cl)n2)c(=O)c2ccc(C(F)(F)F)nc21. The Bertz CT molecular complexity index is 1390. The van der Waals surface area contributed by atoms with Crippen LogP contribution in [-0.2, 0) is 19.8 Å². The van der Waals surface area contributed by atoms with Crippen molar-refractivity contribution in [2.75, 3.05) is 0 Å². The number of pyridine rings is 1. The minimum atomic E-state index is -4.70. The molecule has 3 heterocycles. The molecule has 0 atom stereocenters. The van der Waals surface area contributed by atoms with Crippen LogP contribution in [0.5, 0.6) is 0 Å². The van der Waals surface area contributed by atoms with E-state index in [4.69, 9.17) is 16.0 Å². The Morgan fingerprint density at radius 3 is 2.53 bits per heavy atom. The van der Waals surface area contributed by atoms with E-state index in [1.807, 2.05) is 0 Å². The van der Waals surface area contributed by atoms with Gasteiger partial charge < -0.3 is 4.42 Å². The number of aromatic nitrogens is 4. The third kappa shape index (κ3) is 3.39. The molecule has 0 bridgehead atoms. The quantitative estimate of drug-likeness (QED) is 0.491. The van der Waals surface area contributed by atoms with Gasteiger partial charge in [-0.25, -0.2) is 14.8 Å². The van der Waals surface area contributed by atoms with Gasteiger partial charge in [-0.1, -0.05) is 23.7 Å². The number of aryl methyl sites for hydroxylation is 1. The summed E-state index contributed by atoms with van der Waals surface area (Å²) < 4.78 is 45.9.